The molecular formula is C21H23NO4. The maximum Gasteiger partial charge on any atom is 0.341 e. The lowest BCUT2D eigenvalue weighted by atomic mass is 9.97. The van der Waals surface area contributed by atoms with E-state index in [0.29, 0.717) is 17.9 Å². The Balaban J connectivity index is 2.23. The second kappa shape index (κ2) is 9.42. The summed E-state index contributed by atoms with van der Waals surface area (Å²) < 4.78 is 9.88. The number of hydrogen-bond acceptors (Lipinski definition) is 5. The zero-order valence-corrected chi connectivity index (χ0v) is 15.5. The second-order valence-electron chi connectivity index (χ2n) is 5.72. The van der Waals surface area contributed by atoms with Crippen LogP contribution in [0.1, 0.15) is 29.2 Å². The van der Waals surface area contributed by atoms with Gasteiger partial charge in [-0.15, -0.1) is 0 Å². The smallest absolute Gasteiger partial charge is 0.341 e. The van der Waals surface area contributed by atoms with Crippen LogP contribution in [0.3, 0.4) is 0 Å². The van der Waals surface area contributed by atoms with Crippen molar-refractivity contribution in [3.05, 3.63) is 77.0 Å². The molecule has 26 heavy (non-hydrogen) atoms. The molecule has 0 aliphatic heterocycles. The molecule has 0 unspecified atom stereocenters. The van der Waals surface area contributed by atoms with E-state index < -0.39 is 5.97 Å². The summed E-state index contributed by atoms with van der Waals surface area (Å²) in [6.07, 6.45) is 1.39. The van der Waals surface area contributed by atoms with Crippen molar-refractivity contribution in [2.45, 2.75) is 20.5 Å². The Hall–Kier alpha value is -3.08. The van der Waals surface area contributed by atoms with Gasteiger partial charge in [0, 0.05) is 0 Å². The fourth-order valence-corrected chi connectivity index (χ4v) is 2.42. The van der Waals surface area contributed by atoms with Crippen molar-refractivity contribution in [2.24, 2.45) is 5.16 Å². The summed E-state index contributed by atoms with van der Waals surface area (Å²) in [5, 5.41) is 4.18. The van der Waals surface area contributed by atoms with E-state index in [1.165, 1.54) is 20.5 Å². The van der Waals surface area contributed by atoms with Crippen molar-refractivity contribution in [1.29, 1.82) is 0 Å². The van der Waals surface area contributed by atoms with Crippen LogP contribution >= 0.6 is 0 Å². The molecule has 0 heterocycles. The van der Waals surface area contributed by atoms with Crippen LogP contribution in [0.2, 0.25) is 0 Å². The van der Waals surface area contributed by atoms with Crippen LogP contribution in [-0.2, 0) is 25.7 Å². The lowest BCUT2D eigenvalue weighted by Gasteiger charge is -2.11. The monoisotopic (exact) mass is 353 g/mol. The molecule has 0 radical (unpaired) electrons. The normalized spacial score (nSPS) is 11.8. The van der Waals surface area contributed by atoms with Crippen LogP contribution in [0.25, 0.3) is 5.57 Å². The molecule has 2 aromatic rings. The van der Waals surface area contributed by atoms with Gasteiger partial charge < -0.3 is 14.3 Å². The van der Waals surface area contributed by atoms with Crippen LogP contribution < -0.4 is 0 Å². The van der Waals surface area contributed by atoms with Gasteiger partial charge in [0.1, 0.15) is 12.2 Å². The fraction of sp³-hybridized carbons (Fsp3) is 0.238. The first-order chi connectivity index (χ1) is 12.6. The van der Waals surface area contributed by atoms with Gasteiger partial charge in [-0.2, -0.15) is 0 Å². The third-order valence-electron chi connectivity index (χ3n) is 3.86. The number of methoxy groups -OCH3 is 2. The lowest BCUT2D eigenvalue weighted by Crippen LogP contribution is -2.07. The molecular weight excluding hydrogens is 330 g/mol. The van der Waals surface area contributed by atoms with E-state index in [9.17, 15) is 4.79 Å². The van der Waals surface area contributed by atoms with E-state index in [2.05, 4.69) is 5.16 Å². The molecule has 0 atom stereocenters. The summed E-state index contributed by atoms with van der Waals surface area (Å²) in [6, 6.07) is 15.6. The largest absolute Gasteiger partial charge is 0.503 e. The number of hydrogen-bond donors (Lipinski definition) is 0. The molecule has 0 N–H and O–H groups in total. The summed E-state index contributed by atoms with van der Waals surface area (Å²) in [5.41, 5.74) is 4.62. The summed E-state index contributed by atoms with van der Waals surface area (Å²) in [7, 11) is 2.83. The Morgan fingerprint density at radius 2 is 1.85 bits per heavy atom. The Morgan fingerprint density at radius 3 is 2.50 bits per heavy atom. The van der Waals surface area contributed by atoms with E-state index in [4.69, 9.17) is 14.3 Å². The van der Waals surface area contributed by atoms with Gasteiger partial charge in [0.25, 0.3) is 0 Å². The van der Waals surface area contributed by atoms with Crippen LogP contribution in [0.15, 0.2) is 59.9 Å². The van der Waals surface area contributed by atoms with Crippen LogP contribution in [0.5, 0.6) is 0 Å². The topological polar surface area (TPSA) is 57.1 Å². The summed E-state index contributed by atoms with van der Waals surface area (Å²) in [5.74, 6) is -0.456. The molecule has 0 amide bonds. The number of rotatable bonds is 7. The predicted molar refractivity (Wildman–Crippen MR) is 102 cm³/mol. The van der Waals surface area contributed by atoms with E-state index in [1.807, 2.05) is 62.4 Å². The van der Waals surface area contributed by atoms with Gasteiger partial charge in [0.05, 0.1) is 26.2 Å². The zero-order chi connectivity index (χ0) is 18.9. The first-order valence-corrected chi connectivity index (χ1v) is 8.20. The molecule has 0 bridgehead atoms. The van der Waals surface area contributed by atoms with E-state index in [0.717, 1.165) is 22.3 Å². The van der Waals surface area contributed by atoms with Crippen molar-refractivity contribution >= 4 is 17.3 Å². The first-order valence-electron chi connectivity index (χ1n) is 8.20. The van der Waals surface area contributed by atoms with Gasteiger partial charge in [-0.25, -0.2) is 4.79 Å². The Bertz CT molecular complexity index is 810. The number of nitrogens with zero attached hydrogens (tertiary/aromatic N) is 1. The van der Waals surface area contributed by atoms with Gasteiger partial charge in [-0.05, 0) is 42.2 Å². The van der Waals surface area contributed by atoms with Crippen molar-refractivity contribution in [2.75, 3.05) is 14.2 Å². The maximum atomic E-state index is 12.0. The number of esters is 1. The van der Waals surface area contributed by atoms with Gasteiger partial charge in [-0.1, -0.05) is 47.6 Å². The molecule has 0 spiro atoms. The number of aryl methyl sites for hydroxylation is 1. The molecule has 0 aliphatic rings. The van der Waals surface area contributed by atoms with Crippen molar-refractivity contribution in [1.82, 2.24) is 0 Å². The Kier molecular flexibility index (Phi) is 6.97. The number of oxime groups is 1. The van der Waals surface area contributed by atoms with E-state index >= 15 is 0 Å². The van der Waals surface area contributed by atoms with Crippen molar-refractivity contribution in [3.8, 4) is 0 Å². The molecule has 5 nitrogen and oxygen atoms in total. The van der Waals surface area contributed by atoms with Gasteiger partial charge in [-0.3, -0.25) is 0 Å². The van der Waals surface area contributed by atoms with Gasteiger partial charge in [0.2, 0.25) is 0 Å². The summed E-state index contributed by atoms with van der Waals surface area (Å²) in [6.45, 7) is 4.18. The number of carbonyl (C=O) groups is 1. The SMILES string of the molecule is CO/C=C(/C(=O)OC)c1cc(C(C)=NOCc2ccccc2)ccc1C. The average molecular weight is 353 g/mol. The Morgan fingerprint density at radius 1 is 1.12 bits per heavy atom. The van der Waals surface area contributed by atoms with Crippen LogP contribution in [0, 0.1) is 6.92 Å². The highest BCUT2D eigenvalue weighted by Gasteiger charge is 2.16. The minimum Gasteiger partial charge on any atom is -0.503 e. The summed E-state index contributed by atoms with van der Waals surface area (Å²) in [4.78, 5) is 17.5. The lowest BCUT2D eigenvalue weighted by molar-refractivity contribution is -0.133. The third kappa shape index (κ3) is 4.96. The zero-order valence-electron chi connectivity index (χ0n) is 15.5. The molecule has 136 valence electrons. The van der Waals surface area contributed by atoms with Gasteiger partial charge in [0.15, 0.2) is 0 Å². The third-order valence-corrected chi connectivity index (χ3v) is 3.86. The molecule has 5 heteroatoms. The Labute approximate surface area is 153 Å². The quantitative estimate of drug-likeness (QED) is 0.247. The van der Waals surface area contributed by atoms with Crippen molar-refractivity contribution < 1.29 is 19.1 Å². The highest BCUT2D eigenvalue weighted by Crippen LogP contribution is 2.22. The highest BCUT2D eigenvalue weighted by atomic mass is 16.6. The number of benzene rings is 2. The predicted octanol–water partition coefficient (Wildman–Crippen LogP) is 4.10. The highest BCUT2D eigenvalue weighted by molar-refractivity contribution is 6.17. The minimum absolute atomic E-state index is 0.354. The fourth-order valence-electron chi connectivity index (χ4n) is 2.42. The number of carbonyl (C=O) groups excluding carboxylic acids is 1. The molecule has 2 rings (SSSR count). The molecule has 0 saturated carbocycles. The molecule has 2 aromatic carbocycles. The van der Waals surface area contributed by atoms with Crippen molar-refractivity contribution in [3.63, 3.8) is 0 Å². The average Bonchev–Trinajstić information content (AvgIpc) is 2.67. The second-order valence-corrected chi connectivity index (χ2v) is 5.72. The van der Waals surface area contributed by atoms with Crippen LogP contribution in [-0.4, -0.2) is 25.9 Å². The summed E-state index contributed by atoms with van der Waals surface area (Å²) >= 11 is 0. The van der Waals surface area contributed by atoms with Crippen LogP contribution in [0.4, 0.5) is 0 Å². The minimum atomic E-state index is -0.456. The molecule has 0 aromatic heterocycles. The molecule has 0 saturated heterocycles. The van der Waals surface area contributed by atoms with Gasteiger partial charge >= 0.3 is 5.97 Å². The van der Waals surface area contributed by atoms with E-state index in [-0.39, 0.29) is 0 Å². The maximum absolute atomic E-state index is 12.0. The molecule has 0 aliphatic carbocycles. The first kappa shape index (κ1) is 19.2. The molecule has 0 fully saturated rings. The number of ether oxygens (including phenoxy) is 2. The van der Waals surface area contributed by atoms with E-state index in [1.54, 1.807) is 0 Å². The standard InChI is InChI=1S/C21H23NO4/c1-15-10-11-18(12-19(15)20(14-24-3)21(23)25-4)16(2)22-26-13-17-8-6-5-7-9-17/h5-12,14H,13H2,1-4H3/b20-14+,22-16?.